The number of hydrogen-bond donors (Lipinski definition) is 1. The van der Waals surface area contributed by atoms with Gasteiger partial charge in [0.2, 0.25) is 0 Å². The van der Waals surface area contributed by atoms with E-state index in [0.29, 0.717) is 5.92 Å². The molecule has 1 aliphatic carbocycles. The fraction of sp³-hybridized carbons (Fsp3) is 0.500. The average Bonchev–Trinajstić information content (AvgIpc) is 2.78. The SMILES string of the molecule is CCCC1CC1(O)c1cnn2ccncc12. The number of aromatic nitrogens is 3. The van der Waals surface area contributed by atoms with E-state index in [1.54, 1.807) is 29.3 Å². The Balaban J connectivity index is 2.01. The Hall–Kier alpha value is -1.42. The maximum Gasteiger partial charge on any atom is 0.0966 e. The molecule has 0 radical (unpaired) electrons. The van der Waals surface area contributed by atoms with Crippen LogP contribution in [0.2, 0.25) is 0 Å². The molecular formula is C12H15N3O. The van der Waals surface area contributed by atoms with Gasteiger partial charge in [-0.3, -0.25) is 4.98 Å². The fourth-order valence-electron chi connectivity index (χ4n) is 2.50. The summed E-state index contributed by atoms with van der Waals surface area (Å²) in [5, 5.41) is 14.7. The Kier molecular flexibility index (Phi) is 2.01. The van der Waals surface area contributed by atoms with Crippen LogP contribution in [0.5, 0.6) is 0 Å². The summed E-state index contributed by atoms with van der Waals surface area (Å²) in [7, 11) is 0. The average molecular weight is 217 g/mol. The monoisotopic (exact) mass is 217 g/mol. The summed E-state index contributed by atoms with van der Waals surface area (Å²) in [4.78, 5) is 4.09. The molecule has 0 amide bonds. The fourth-order valence-corrected chi connectivity index (χ4v) is 2.50. The number of rotatable bonds is 3. The summed E-state index contributed by atoms with van der Waals surface area (Å²) in [6, 6.07) is 0. The second-order valence-electron chi connectivity index (χ2n) is 4.58. The second kappa shape index (κ2) is 3.28. The third kappa shape index (κ3) is 1.26. The molecule has 16 heavy (non-hydrogen) atoms. The first-order chi connectivity index (χ1) is 7.75. The molecule has 0 bridgehead atoms. The largest absolute Gasteiger partial charge is 0.385 e. The highest BCUT2D eigenvalue weighted by molar-refractivity contribution is 5.56. The molecule has 4 nitrogen and oxygen atoms in total. The molecule has 84 valence electrons. The Labute approximate surface area is 93.9 Å². The van der Waals surface area contributed by atoms with Gasteiger partial charge in [0.1, 0.15) is 0 Å². The molecule has 2 aromatic heterocycles. The van der Waals surface area contributed by atoms with Gasteiger partial charge in [0.25, 0.3) is 0 Å². The van der Waals surface area contributed by atoms with Crippen LogP contribution in [-0.4, -0.2) is 19.7 Å². The normalized spacial score (nSPS) is 28.5. The number of nitrogens with zero attached hydrogens (tertiary/aromatic N) is 3. The van der Waals surface area contributed by atoms with Crippen LogP contribution in [0, 0.1) is 5.92 Å². The highest BCUT2D eigenvalue weighted by Gasteiger charge is 2.54. The maximum absolute atomic E-state index is 10.5. The van der Waals surface area contributed by atoms with Crippen LogP contribution < -0.4 is 0 Å². The van der Waals surface area contributed by atoms with Crippen molar-refractivity contribution in [2.24, 2.45) is 5.92 Å². The molecule has 0 aromatic carbocycles. The predicted octanol–water partition coefficient (Wildman–Crippen LogP) is 1.74. The highest BCUT2D eigenvalue weighted by atomic mass is 16.3. The van der Waals surface area contributed by atoms with Gasteiger partial charge in [-0.1, -0.05) is 13.3 Å². The zero-order valence-corrected chi connectivity index (χ0v) is 9.30. The third-order valence-corrected chi connectivity index (χ3v) is 3.50. The minimum Gasteiger partial charge on any atom is -0.385 e. The molecule has 0 saturated heterocycles. The van der Waals surface area contributed by atoms with E-state index >= 15 is 0 Å². The zero-order chi connectivity index (χ0) is 11.2. The molecule has 2 heterocycles. The quantitative estimate of drug-likeness (QED) is 0.852. The maximum atomic E-state index is 10.5. The summed E-state index contributed by atoms with van der Waals surface area (Å²) in [5.74, 6) is 0.394. The Morgan fingerprint density at radius 1 is 1.56 bits per heavy atom. The molecule has 2 unspecified atom stereocenters. The van der Waals surface area contributed by atoms with E-state index in [-0.39, 0.29) is 0 Å². The van der Waals surface area contributed by atoms with E-state index in [9.17, 15) is 5.11 Å². The van der Waals surface area contributed by atoms with Gasteiger partial charge in [0.05, 0.1) is 23.5 Å². The smallest absolute Gasteiger partial charge is 0.0966 e. The van der Waals surface area contributed by atoms with Crippen molar-refractivity contribution in [3.8, 4) is 0 Å². The summed E-state index contributed by atoms with van der Waals surface area (Å²) in [6.45, 7) is 2.15. The van der Waals surface area contributed by atoms with Crippen LogP contribution >= 0.6 is 0 Å². The molecule has 0 aliphatic heterocycles. The van der Waals surface area contributed by atoms with Crippen molar-refractivity contribution in [2.75, 3.05) is 0 Å². The number of hydrogen-bond acceptors (Lipinski definition) is 3. The first-order valence-corrected chi connectivity index (χ1v) is 5.76. The number of fused-ring (bicyclic) bond motifs is 1. The summed E-state index contributed by atoms with van der Waals surface area (Å²) in [5.41, 5.74) is 1.20. The first kappa shape index (κ1) is 9.78. The van der Waals surface area contributed by atoms with Gasteiger partial charge in [-0.2, -0.15) is 5.10 Å². The molecule has 0 spiro atoms. The zero-order valence-electron chi connectivity index (χ0n) is 9.30. The van der Waals surface area contributed by atoms with Crippen LogP contribution in [0.1, 0.15) is 31.7 Å². The molecular weight excluding hydrogens is 202 g/mol. The van der Waals surface area contributed by atoms with Crippen molar-refractivity contribution in [2.45, 2.75) is 31.8 Å². The van der Waals surface area contributed by atoms with E-state index in [4.69, 9.17) is 0 Å². The van der Waals surface area contributed by atoms with E-state index < -0.39 is 5.60 Å². The second-order valence-corrected chi connectivity index (χ2v) is 4.58. The summed E-state index contributed by atoms with van der Waals surface area (Å²) < 4.78 is 1.77. The van der Waals surface area contributed by atoms with Gasteiger partial charge in [-0.25, -0.2) is 4.52 Å². The van der Waals surface area contributed by atoms with Gasteiger partial charge in [-0.15, -0.1) is 0 Å². The lowest BCUT2D eigenvalue weighted by Gasteiger charge is -2.08. The lowest BCUT2D eigenvalue weighted by atomic mass is 10.1. The molecule has 4 heteroatoms. The van der Waals surface area contributed by atoms with E-state index in [1.165, 1.54) is 0 Å². The molecule has 2 atom stereocenters. The van der Waals surface area contributed by atoms with Crippen LogP contribution in [0.25, 0.3) is 5.52 Å². The minimum absolute atomic E-state index is 0.394. The van der Waals surface area contributed by atoms with Gasteiger partial charge >= 0.3 is 0 Å². The van der Waals surface area contributed by atoms with Crippen molar-refractivity contribution < 1.29 is 5.11 Å². The van der Waals surface area contributed by atoms with Crippen LogP contribution in [0.4, 0.5) is 0 Å². The van der Waals surface area contributed by atoms with Crippen molar-refractivity contribution in [1.82, 2.24) is 14.6 Å². The van der Waals surface area contributed by atoms with Gasteiger partial charge < -0.3 is 5.11 Å². The first-order valence-electron chi connectivity index (χ1n) is 5.76. The lowest BCUT2D eigenvalue weighted by molar-refractivity contribution is 0.130. The molecule has 1 fully saturated rings. The standard InChI is InChI=1S/C12H15N3O/c1-2-3-9-6-12(9,16)10-7-14-15-5-4-13-8-11(10)15/h4-5,7-9,16H,2-3,6H2,1H3. The van der Waals surface area contributed by atoms with Gasteiger partial charge in [0.15, 0.2) is 0 Å². The molecule has 1 saturated carbocycles. The van der Waals surface area contributed by atoms with Crippen LogP contribution in [0.3, 0.4) is 0 Å². The van der Waals surface area contributed by atoms with E-state index in [1.807, 2.05) is 0 Å². The summed E-state index contributed by atoms with van der Waals surface area (Å²) in [6.07, 6.45) is 10.1. The highest BCUT2D eigenvalue weighted by Crippen LogP contribution is 2.55. The van der Waals surface area contributed by atoms with Crippen molar-refractivity contribution in [3.63, 3.8) is 0 Å². The Morgan fingerprint density at radius 3 is 3.25 bits per heavy atom. The van der Waals surface area contributed by atoms with Crippen molar-refractivity contribution in [3.05, 3.63) is 30.4 Å². The lowest BCUT2D eigenvalue weighted by Crippen LogP contribution is -2.08. The molecule has 3 rings (SSSR count). The summed E-state index contributed by atoms with van der Waals surface area (Å²) >= 11 is 0. The topological polar surface area (TPSA) is 50.4 Å². The molecule has 1 N–H and O–H groups in total. The van der Waals surface area contributed by atoms with Crippen molar-refractivity contribution >= 4 is 5.52 Å². The van der Waals surface area contributed by atoms with Gasteiger partial charge in [-0.05, 0) is 18.8 Å². The molecule has 1 aliphatic rings. The number of aliphatic hydroxyl groups is 1. The third-order valence-electron chi connectivity index (χ3n) is 3.50. The Bertz CT molecular complexity index is 522. The Morgan fingerprint density at radius 2 is 2.44 bits per heavy atom. The van der Waals surface area contributed by atoms with E-state index in [2.05, 4.69) is 17.0 Å². The van der Waals surface area contributed by atoms with Crippen LogP contribution in [0.15, 0.2) is 24.8 Å². The van der Waals surface area contributed by atoms with E-state index in [0.717, 1.165) is 30.3 Å². The molecule has 2 aromatic rings. The van der Waals surface area contributed by atoms with Crippen LogP contribution in [-0.2, 0) is 5.60 Å². The predicted molar refractivity (Wildman–Crippen MR) is 59.9 cm³/mol. The van der Waals surface area contributed by atoms with Gasteiger partial charge in [0, 0.05) is 18.0 Å². The van der Waals surface area contributed by atoms with Crippen molar-refractivity contribution in [1.29, 1.82) is 0 Å². The minimum atomic E-state index is -0.652.